The normalized spacial score (nSPS) is 12.4. The molecule has 0 heterocycles. The van der Waals surface area contributed by atoms with E-state index >= 15 is 0 Å². The molecule has 0 saturated heterocycles. The standard InChI is InChI=1S/C14H23NO/c1-4-10-16-14-8-6-13(7-9-14)11-15-12(3)5-2/h6-9,12,15H,4-5,10-11H2,1-3H3/t12-/m0/s1. The van der Waals surface area contributed by atoms with Crippen molar-refractivity contribution < 1.29 is 4.74 Å². The number of hydrogen-bond acceptors (Lipinski definition) is 2. The van der Waals surface area contributed by atoms with Crippen LogP contribution in [0.4, 0.5) is 0 Å². The van der Waals surface area contributed by atoms with Gasteiger partial charge in [0.2, 0.25) is 0 Å². The minimum atomic E-state index is 0.580. The van der Waals surface area contributed by atoms with Gasteiger partial charge in [0.15, 0.2) is 0 Å². The number of hydrogen-bond donors (Lipinski definition) is 1. The Morgan fingerprint density at radius 3 is 2.44 bits per heavy atom. The van der Waals surface area contributed by atoms with Gasteiger partial charge in [-0.1, -0.05) is 26.0 Å². The molecule has 0 unspecified atom stereocenters. The molecule has 1 aromatic rings. The summed E-state index contributed by atoms with van der Waals surface area (Å²) >= 11 is 0. The fourth-order valence-corrected chi connectivity index (χ4v) is 1.36. The largest absolute Gasteiger partial charge is 0.494 e. The Hall–Kier alpha value is -1.02. The van der Waals surface area contributed by atoms with Gasteiger partial charge in [0.25, 0.3) is 0 Å². The summed E-state index contributed by atoms with van der Waals surface area (Å²) in [5.74, 6) is 0.967. The van der Waals surface area contributed by atoms with E-state index in [9.17, 15) is 0 Å². The maximum Gasteiger partial charge on any atom is 0.119 e. The zero-order valence-electron chi connectivity index (χ0n) is 10.6. The smallest absolute Gasteiger partial charge is 0.119 e. The van der Waals surface area contributed by atoms with E-state index in [1.807, 2.05) is 12.1 Å². The van der Waals surface area contributed by atoms with Crippen molar-refractivity contribution >= 4 is 0 Å². The van der Waals surface area contributed by atoms with Crippen molar-refractivity contribution in [2.24, 2.45) is 0 Å². The van der Waals surface area contributed by atoms with Gasteiger partial charge in [-0.25, -0.2) is 0 Å². The van der Waals surface area contributed by atoms with Crippen LogP contribution in [0, 0.1) is 0 Å². The molecule has 1 atom stereocenters. The molecule has 0 radical (unpaired) electrons. The van der Waals surface area contributed by atoms with E-state index < -0.39 is 0 Å². The third-order valence-electron chi connectivity index (χ3n) is 2.66. The Balaban J connectivity index is 2.38. The van der Waals surface area contributed by atoms with Crippen molar-refractivity contribution in [3.8, 4) is 5.75 Å². The van der Waals surface area contributed by atoms with Crippen molar-refractivity contribution in [2.75, 3.05) is 6.61 Å². The Morgan fingerprint density at radius 2 is 1.88 bits per heavy atom. The lowest BCUT2D eigenvalue weighted by atomic mass is 10.2. The van der Waals surface area contributed by atoms with Crippen molar-refractivity contribution in [1.29, 1.82) is 0 Å². The van der Waals surface area contributed by atoms with Crippen LogP contribution in [-0.4, -0.2) is 12.6 Å². The molecule has 16 heavy (non-hydrogen) atoms. The van der Waals surface area contributed by atoms with E-state index in [4.69, 9.17) is 4.74 Å². The first-order chi connectivity index (χ1) is 7.76. The number of benzene rings is 1. The van der Waals surface area contributed by atoms with E-state index in [1.54, 1.807) is 0 Å². The van der Waals surface area contributed by atoms with Crippen molar-refractivity contribution in [1.82, 2.24) is 5.32 Å². The Morgan fingerprint density at radius 1 is 1.19 bits per heavy atom. The second-order valence-corrected chi connectivity index (χ2v) is 4.18. The zero-order chi connectivity index (χ0) is 11.8. The lowest BCUT2D eigenvalue weighted by Gasteiger charge is -2.11. The molecule has 0 aliphatic carbocycles. The summed E-state index contributed by atoms with van der Waals surface area (Å²) in [5, 5.41) is 3.47. The Bertz CT molecular complexity index is 281. The van der Waals surface area contributed by atoms with Crippen LogP contribution in [0.15, 0.2) is 24.3 Å². The maximum absolute atomic E-state index is 5.54. The first kappa shape index (κ1) is 13.0. The SMILES string of the molecule is CCCOc1ccc(CN[C@@H](C)CC)cc1. The molecule has 1 aromatic carbocycles. The summed E-state index contributed by atoms with van der Waals surface area (Å²) in [5.41, 5.74) is 1.31. The second kappa shape index (κ2) is 7.29. The summed E-state index contributed by atoms with van der Waals surface area (Å²) in [7, 11) is 0. The lowest BCUT2D eigenvalue weighted by molar-refractivity contribution is 0.317. The summed E-state index contributed by atoms with van der Waals surface area (Å²) in [6, 6.07) is 8.92. The van der Waals surface area contributed by atoms with E-state index in [-0.39, 0.29) is 0 Å². The van der Waals surface area contributed by atoms with E-state index in [0.717, 1.165) is 31.7 Å². The maximum atomic E-state index is 5.54. The van der Waals surface area contributed by atoms with Crippen LogP contribution in [0.2, 0.25) is 0 Å². The highest BCUT2D eigenvalue weighted by Crippen LogP contribution is 2.12. The second-order valence-electron chi connectivity index (χ2n) is 4.18. The molecule has 0 aliphatic heterocycles. The van der Waals surface area contributed by atoms with Crippen LogP contribution in [0.25, 0.3) is 0 Å². The summed E-state index contributed by atoms with van der Waals surface area (Å²) in [6.07, 6.45) is 2.22. The molecule has 2 nitrogen and oxygen atoms in total. The summed E-state index contributed by atoms with van der Waals surface area (Å²) in [6.45, 7) is 8.25. The lowest BCUT2D eigenvalue weighted by Crippen LogP contribution is -2.24. The van der Waals surface area contributed by atoms with Crippen molar-refractivity contribution in [2.45, 2.75) is 46.2 Å². The first-order valence-electron chi connectivity index (χ1n) is 6.21. The van der Waals surface area contributed by atoms with Crippen LogP contribution < -0.4 is 10.1 Å². The fourth-order valence-electron chi connectivity index (χ4n) is 1.36. The molecule has 0 fully saturated rings. The monoisotopic (exact) mass is 221 g/mol. The van der Waals surface area contributed by atoms with Gasteiger partial charge in [-0.2, -0.15) is 0 Å². The minimum Gasteiger partial charge on any atom is -0.494 e. The molecular weight excluding hydrogens is 198 g/mol. The van der Waals surface area contributed by atoms with Gasteiger partial charge in [0.1, 0.15) is 5.75 Å². The first-order valence-corrected chi connectivity index (χ1v) is 6.21. The van der Waals surface area contributed by atoms with Gasteiger partial charge in [-0.05, 0) is 37.5 Å². The van der Waals surface area contributed by atoms with Gasteiger partial charge in [0.05, 0.1) is 6.61 Å². The van der Waals surface area contributed by atoms with Crippen LogP contribution in [0.3, 0.4) is 0 Å². The van der Waals surface area contributed by atoms with Crippen molar-refractivity contribution in [3.05, 3.63) is 29.8 Å². The predicted molar refractivity (Wildman–Crippen MR) is 68.8 cm³/mol. The average molecular weight is 221 g/mol. The predicted octanol–water partition coefficient (Wildman–Crippen LogP) is 3.36. The molecule has 90 valence electrons. The molecule has 0 aromatic heterocycles. The van der Waals surface area contributed by atoms with Crippen LogP contribution in [0.1, 0.15) is 39.2 Å². The van der Waals surface area contributed by atoms with Crippen LogP contribution in [-0.2, 0) is 6.54 Å². The molecule has 0 saturated carbocycles. The highest BCUT2D eigenvalue weighted by Gasteiger charge is 1.98. The molecule has 0 spiro atoms. The van der Waals surface area contributed by atoms with Crippen LogP contribution in [0.5, 0.6) is 5.75 Å². The minimum absolute atomic E-state index is 0.580. The Kier molecular flexibility index (Phi) is 5.94. The summed E-state index contributed by atoms with van der Waals surface area (Å²) in [4.78, 5) is 0. The van der Waals surface area contributed by atoms with Crippen LogP contribution >= 0.6 is 0 Å². The van der Waals surface area contributed by atoms with Crippen molar-refractivity contribution in [3.63, 3.8) is 0 Å². The zero-order valence-corrected chi connectivity index (χ0v) is 10.6. The van der Waals surface area contributed by atoms with Gasteiger partial charge in [-0.3, -0.25) is 0 Å². The molecule has 1 N–H and O–H groups in total. The number of nitrogens with one attached hydrogen (secondary N) is 1. The van der Waals surface area contributed by atoms with Gasteiger partial charge >= 0.3 is 0 Å². The molecule has 0 amide bonds. The third-order valence-corrected chi connectivity index (χ3v) is 2.66. The molecule has 0 bridgehead atoms. The highest BCUT2D eigenvalue weighted by molar-refractivity contribution is 5.27. The quantitative estimate of drug-likeness (QED) is 0.762. The number of ether oxygens (including phenoxy) is 1. The van der Waals surface area contributed by atoms with E-state index in [2.05, 4.69) is 38.2 Å². The molecule has 1 rings (SSSR count). The van der Waals surface area contributed by atoms with Gasteiger partial charge < -0.3 is 10.1 Å². The topological polar surface area (TPSA) is 21.3 Å². The number of rotatable bonds is 7. The van der Waals surface area contributed by atoms with E-state index in [0.29, 0.717) is 6.04 Å². The Labute approximate surface area is 99.0 Å². The van der Waals surface area contributed by atoms with Gasteiger partial charge in [-0.15, -0.1) is 0 Å². The van der Waals surface area contributed by atoms with Gasteiger partial charge in [0, 0.05) is 12.6 Å². The highest BCUT2D eigenvalue weighted by atomic mass is 16.5. The molecule has 2 heteroatoms. The average Bonchev–Trinajstić information content (AvgIpc) is 2.34. The fraction of sp³-hybridized carbons (Fsp3) is 0.571. The summed E-state index contributed by atoms with van der Waals surface area (Å²) < 4.78 is 5.54. The third kappa shape index (κ3) is 4.67. The van der Waals surface area contributed by atoms with E-state index in [1.165, 1.54) is 5.56 Å². The molecule has 0 aliphatic rings. The molecular formula is C14H23NO.